The minimum Gasteiger partial charge on any atom is -0.302 e. The van der Waals surface area contributed by atoms with Gasteiger partial charge in [-0.3, -0.25) is 0 Å². The Bertz CT molecular complexity index is 476. The van der Waals surface area contributed by atoms with Gasteiger partial charge in [-0.1, -0.05) is 6.92 Å². The Morgan fingerprint density at radius 2 is 2.10 bits per heavy atom. The maximum Gasteiger partial charge on any atom is 0.417 e. The molecule has 1 heterocycles. The van der Waals surface area contributed by atoms with Crippen LogP contribution >= 0.6 is 11.8 Å². The Morgan fingerprint density at radius 3 is 2.52 bits per heavy atom. The van der Waals surface area contributed by atoms with Crippen molar-refractivity contribution in [1.82, 2.24) is 10.3 Å². The zero-order valence-corrected chi connectivity index (χ0v) is 12.8. The highest BCUT2D eigenvalue weighted by Gasteiger charge is 2.30. The summed E-state index contributed by atoms with van der Waals surface area (Å²) >= 11 is 1.40. The van der Waals surface area contributed by atoms with Crippen LogP contribution in [0.2, 0.25) is 0 Å². The van der Waals surface area contributed by atoms with E-state index in [0.29, 0.717) is 23.6 Å². The molecule has 0 radical (unpaired) electrons. The number of halogens is 3. The number of nitriles is 1. The lowest BCUT2D eigenvalue weighted by atomic mass is 9.93. The van der Waals surface area contributed by atoms with Gasteiger partial charge in [0.05, 0.1) is 16.7 Å². The number of alkyl halides is 3. The van der Waals surface area contributed by atoms with Crippen molar-refractivity contribution in [2.24, 2.45) is 0 Å². The van der Waals surface area contributed by atoms with E-state index in [-0.39, 0.29) is 0 Å². The molecular weight excluding hydrogens is 299 g/mol. The average Bonchev–Trinajstić information content (AvgIpc) is 2.48. The van der Waals surface area contributed by atoms with Gasteiger partial charge in [-0.15, -0.1) is 11.8 Å². The number of nitrogens with zero attached hydrogens (tertiary/aromatic N) is 2. The highest BCUT2D eigenvalue weighted by atomic mass is 32.2. The van der Waals surface area contributed by atoms with E-state index in [2.05, 4.69) is 16.4 Å². The molecule has 0 spiro atoms. The fraction of sp³-hybridized carbons (Fsp3) is 0.571. The van der Waals surface area contributed by atoms with E-state index >= 15 is 0 Å². The normalized spacial score (nSPS) is 14.5. The second kappa shape index (κ2) is 7.66. The molecular formula is C14H18F3N3S. The standard InChI is InChI=1S/C14H18F3N3S/c1-3-13(10-18,19-2)7-4-8-21-12-6-5-11(9-20-12)14(15,16)17/h5-6,9,19H,3-4,7-8H2,1-2H3. The van der Waals surface area contributed by atoms with Gasteiger partial charge in [0.25, 0.3) is 0 Å². The van der Waals surface area contributed by atoms with Crippen molar-refractivity contribution in [1.29, 1.82) is 5.26 Å². The molecule has 0 bridgehead atoms. The van der Waals surface area contributed by atoms with Crippen LogP contribution < -0.4 is 5.32 Å². The molecule has 0 amide bonds. The Balaban J connectivity index is 2.45. The predicted molar refractivity (Wildman–Crippen MR) is 76.9 cm³/mol. The summed E-state index contributed by atoms with van der Waals surface area (Å²) in [7, 11) is 1.76. The molecule has 0 saturated carbocycles. The molecule has 1 unspecified atom stereocenters. The van der Waals surface area contributed by atoms with E-state index in [9.17, 15) is 13.2 Å². The van der Waals surface area contributed by atoms with Crippen LogP contribution in [0.3, 0.4) is 0 Å². The van der Waals surface area contributed by atoms with Crippen LogP contribution in [0.25, 0.3) is 0 Å². The van der Waals surface area contributed by atoms with Gasteiger partial charge in [0, 0.05) is 6.20 Å². The van der Waals surface area contributed by atoms with Gasteiger partial charge in [-0.2, -0.15) is 18.4 Å². The smallest absolute Gasteiger partial charge is 0.302 e. The highest BCUT2D eigenvalue weighted by molar-refractivity contribution is 7.99. The van der Waals surface area contributed by atoms with Crippen molar-refractivity contribution >= 4 is 11.8 Å². The summed E-state index contributed by atoms with van der Waals surface area (Å²) < 4.78 is 37.2. The number of hydrogen-bond acceptors (Lipinski definition) is 4. The van der Waals surface area contributed by atoms with E-state index in [0.717, 1.165) is 18.7 Å². The van der Waals surface area contributed by atoms with Gasteiger partial charge < -0.3 is 5.32 Å². The summed E-state index contributed by atoms with van der Waals surface area (Å²) in [5.74, 6) is 0.712. The Morgan fingerprint density at radius 1 is 1.38 bits per heavy atom. The summed E-state index contributed by atoms with van der Waals surface area (Å²) in [5, 5.41) is 12.7. The van der Waals surface area contributed by atoms with Crippen LogP contribution in [0.5, 0.6) is 0 Å². The van der Waals surface area contributed by atoms with Gasteiger partial charge in [0.15, 0.2) is 0 Å². The van der Waals surface area contributed by atoms with Crippen LogP contribution in [0.4, 0.5) is 13.2 Å². The van der Waals surface area contributed by atoms with Crippen LogP contribution in [0, 0.1) is 11.3 Å². The summed E-state index contributed by atoms with van der Waals surface area (Å²) in [4.78, 5) is 3.80. The van der Waals surface area contributed by atoms with Gasteiger partial charge in [-0.25, -0.2) is 4.98 Å². The fourth-order valence-corrected chi connectivity index (χ4v) is 2.64. The molecule has 0 saturated heterocycles. The lowest BCUT2D eigenvalue weighted by Gasteiger charge is -2.24. The Hall–Kier alpha value is -1.26. The number of aromatic nitrogens is 1. The van der Waals surface area contributed by atoms with Crippen molar-refractivity contribution in [3.8, 4) is 6.07 Å². The molecule has 1 atom stereocenters. The molecule has 1 aromatic heterocycles. The summed E-state index contributed by atoms with van der Waals surface area (Å²) in [5.41, 5.74) is -1.26. The molecule has 0 aromatic carbocycles. The third-order valence-electron chi connectivity index (χ3n) is 3.36. The predicted octanol–water partition coefficient (Wildman–Crippen LogP) is 3.86. The summed E-state index contributed by atoms with van der Waals surface area (Å²) in [6.45, 7) is 1.95. The molecule has 116 valence electrons. The van der Waals surface area contributed by atoms with Crippen molar-refractivity contribution in [2.45, 2.75) is 42.9 Å². The lowest BCUT2D eigenvalue weighted by molar-refractivity contribution is -0.137. The molecule has 0 aliphatic heterocycles. The van der Waals surface area contributed by atoms with Crippen LogP contribution in [0.1, 0.15) is 31.7 Å². The first-order valence-electron chi connectivity index (χ1n) is 6.63. The highest BCUT2D eigenvalue weighted by Crippen LogP contribution is 2.29. The van der Waals surface area contributed by atoms with E-state index in [4.69, 9.17) is 5.26 Å². The lowest BCUT2D eigenvalue weighted by Crippen LogP contribution is -2.40. The van der Waals surface area contributed by atoms with Crippen molar-refractivity contribution in [3.05, 3.63) is 23.9 Å². The number of pyridine rings is 1. The summed E-state index contributed by atoms with van der Waals surface area (Å²) in [6.07, 6.45) is -1.30. The molecule has 7 heteroatoms. The minimum absolute atomic E-state index is 0.520. The molecule has 1 N–H and O–H groups in total. The largest absolute Gasteiger partial charge is 0.417 e. The van der Waals surface area contributed by atoms with Crippen LogP contribution in [0.15, 0.2) is 23.4 Å². The molecule has 1 aromatic rings. The van der Waals surface area contributed by atoms with Crippen LogP contribution in [-0.2, 0) is 6.18 Å². The van der Waals surface area contributed by atoms with Gasteiger partial charge in [0.1, 0.15) is 5.54 Å². The average molecular weight is 317 g/mol. The quantitative estimate of drug-likeness (QED) is 0.613. The molecule has 3 nitrogen and oxygen atoms in total. The third-order valence-corrected chi connectivity index (χ3v) is 4.39. The first-order valence-corrected chi connectivity index (χ1v) is 7.61. The second-order valence-electron chi connectivity index (χ2n) is 4.63. The maximum absolute atomic E-state index is 12.4. The van der Waals surface area contributed by atoms with E-state index < -0.39 is 17.3 Å². The monoisotopic (exact) mass is 317 g/mol. The van der Waals surface area contributed by atoms with E-state index in [1.807, 2.05) is 6.92 Å². The zero-order valence-electron chi connectivity index (χ0n) is 12.0. The molecule has 0 aliphatic rings. The van der Waals surface area contributed by atoms with Gasteiger partial charge >= 0.3 is 6.18 Å². The number of thioether (sulfide) groups is 1. The first-order chi connectivity index (χ1) is 9.87. The number of hydrogen-bond donors (Lipinski definition) is 1. The molecule has 1 rings (SSSR count). The van der Waals surface area contributed by atoms with Crippen molar-refractivity contribution < 1.29 is 13.2 Å². The Labute approximate surface area is 126 Å². The summed E-state index contributed by atoms with van der Waals surface area (Å²) in [6, 6.07) is 4.69. The molecule has 21 heavy (non-hydrogen) atoms. The van der Waals surface area contributed by atoms with E-state index in [1.54, 1.807) is 7.05 Å². The topological polar surface area (TPSA) is 48.7 Å². The van der Waals surface area contributed by atoms with Gasteiger partial charge in [0.2, 0.25) is 0 Å². The fourth-order valence-electron chi connectivity index (χ4n) is 1.85. The SMILES string of the molecule is CCC(C#N)(CCCSc1ccc(C(F)(F)F)cn1)NC. The minimum atomic E-state index is -4.35. The van der Waals surface area contributed by atoms with Crippen LogP contribution in [-0.4, -0.2) is 23.3 Å². The second-order valence-corrected chi connectivity index (χ2v) is 5.75. The Kier molecular flexibility index (Phi) is 6.49. The first kappa shape index (κ1) is 17.8. The van der Waals surface area contributed by atoms with Gasteiger partial charge in [-0.05, 0) is 44.2 Å². The number of nitrogens with one attached hydrogen (secondary N) is 1. The maximum atomic E-state index is 12.4. The van der Waals surface area contributed by atoms with Crippen molar-refractivity contribution in [3.63, 3.8) is 0 Å². The molecule has 0 fully saturated rings. The molecule has 0 aliphatic carbocycles. The van der Waals surface area contributed by atoms with E-state index in [1.165, 1.54) is 17.8 Å². The number of rotatable bonds is 7. The van der Waals surface area contributed by atoms with Crippen molar-refractivity contribution in [2.75, 3.05) is 12.8 Å². The third kappa shape index (κ3) is 5.21. The zero-order chi connectivity index (χ0) is 15.9.